The van der Waals surface area contributed by atoms with Gasteiger partial charge in [0, 0.05) is 37.7 Å². The van der Waals surface area contributed by atoms with Crippen LogP contribution < -0.4 is 9.47 Å². The monoisotopic (exact) mass is 336 g/mol. The highest BCUT2D eigenvalue weighted by Crippen LogP contribution is 2.28. The Morgan fingerprint density at radius 2 is 2.17 bits per heavy atom. The molecule has 1 saturated heterocycles. The molecule has 24 heavy (non-hydrogen) atoms. The molecule has 1 heterocycles. The molecule has 1 atom stereocenters. The zero-order valence-corrected chi connectivity index (χ0v) is 14.3. The van der Waals surface area contributed by atoms with Gasteiger partial charge in [0.15, 0.2) is 0 Å². The Labute approximate surface area is 141 Å². The molecule has 1 amide bonds. The van der Waals surface area contributed by atoms with Crippen molar-refractivity contribution in [3.05, 3.63) is 23.8 Å². The summed E-state index contributed by atoms with van der Waals surface area (Å²) in [4.78, 5) is 26.7. The molecular weight excluding hydrogens is 312 g/mol. The van der Waals surface area contributed by atoms with Gasteiger partial charge in [-0.05, 0) is 26.2 Å². The van der Waals surface area contributed by atoms with E-state index in [9.17, 15) is 9.59 Å². The van der Waals surface area contributed by atoms with Gasteiger partial charge >= 0.3 is 5.97 Å². The summed E-state index contributed by atoms with van der Waals surface area (Å²) in [5.74, 6) is -0.369. The molecule has 0 saturated carbocycles. The molecule has 1 fully saturated rings. The Morgan fingerprint density at radius 3 is 2.75 bits per heavy atom. The van der Waals surface area contributed by atoms with E-state index in [1.165, 1.54) is 0 Å². The van der Waals surface area contributed by atoms with Crippen LogP contribution in [0.2, 0.25) is 0 Å². The lowest BCUT2D eigenvalue weighted by Crippen LogP contribution is -2.26. The highest BCUT2D eigenvalue weighted by atomic mass is 16.5. The van der Waals surface area contributed by atoms with Gasteiger partial charge in [0.25, 0.3) is 0 Å². The molecule has 0 bridgehead atoms. The quantitative estimate of drug-likeness (QED) is 0.765. The number of carbonyl (C=O) groups excluding carboxylic acids is 1. The van der Waals surface area contributed by atoms with Crippen LogP contribution >= 0.6 is 0 Å². The minimum Gasteiger partial charge on any atom is -0.497 e. The van der Waals surface area contributed by atoms with Crippen molar-refractivity contribution in [2.24, 2.45) is 5.92 Å². The van der Waals surface area contributed by atoms with Crippen molar-refractivity contribution in [2.75, 3.05) is 40.9 Å². The van der Waals surface area contributed by atoms with Crippen LogP contribution in [0.5, 0.6) is 11.5 Å². The summed E-state index contributed by atoms with van der Waals surface area (Å²) in [6.07, 6.45) is 0.0578. The lowest BCUT2D eigenvalue weighted by atomic mass is 10.1. The van der Waals surface area contributed by atoms with E-state index < -0.39 is 11.9 Å². The van der Waals surface area contributed by atoms with Crippen molar-refractivity contribution in [1.82, 2.24) is 9.80 Å². The van der Waals surface area contributed by atoms with Gasteiger partial charge in [-0.2, -0.15) is 0 Å². The molecule has 2 rings (SSSR count). The summed E-state index contributed by atoms with van der Waals surface area (Å²) in [6, 6.07) is 5.45. The molecule has 0 radical (unpaired) electrons. The van der Waals surface area contributed by atoms with E-state index in [4.69, 9.17) is 14.6 Å². The Kier molecular flexibility index (Phi) is 6.03. The molecule has 1 aromatic rings. The van der Waals surface area contributed by atoms with Gasteiger partial charge in [0.05, 0.1) is 13.0 Å². The summed E-state index contributed by atoms with van der Waals surface area (Å²) in [5.41, 5.74) is 0.842. The lowest BCUT2D eigenvalue weighted by Gasteiger charge is -2.20. The first-order valence-corrected chi connectivity index (χ1v) is 7.85. The van der Waals surface area contributed by atoms with Crippen molar-refractivity contribution in [1.29, 1.82) is 0 Å². The molecular formula is C17H24N2O5. The van der Waals surface area contributed by atoms with E-state index in [0.29, 0.717) is 24.7 Å². The number of hydrogen-bond donors (Lipinski definition) is 1. The van der Waals surface area contributed by atoms with E-state index in [2.05, 4.69) is 0 Å². The normalized spacial score (nSPS) is 17.4. The van der Waals surface area contributed by atoms with Crippen LogP contribution in [0, 0.1) is 5.92 Å². The number of hydrogen-bond acceptors (Lipinski definition) is 5. The van der Waals surface area contributed by atoms with E-state index in [-0.39, 0.29) is 18.9 Å². The Hall–Kier alpha value is -2.28. The van der Waals surface area contributed by atoms with Crippen LogP contribution in [0.25, 0.3) is 0 Å². The zero-order valence-electron chi connectivity index (χ0n) is 14.3. The van der Waals surface area contributed by atoms with Crippen molar-refractivity contribution in [2.45, 2.75) is 13.0 Å². The standard InChI is InChI=1S/C17H24N2O5/c1-18(2)6-7-24-15-9-14(23-3)5-4-12(15)10-19-11-13(17(21)22)8-16(19)20/h4-5,9,13H,6-8,10-11H2,1-3H3,(H,21,22). The molecule has 1 unspecified atom stereocenters. The maximum absolute atomic E-state index is 12.0. The summed E-state index contributed by atoms with van der Waals surface area (Å²) in [7, 11) is 5.51. The molecule has 0 aliphatic carbocycles. The second-order valence-corrected chi connectivity index (χ2v) is 6.14. The van der Waals surface area contributed by atoms with E-state index in [1.54, 1.807) is 18.1 Å². The maximum atomic E-state index is 12.0. The fourth-order valence-electron chi connectivity index (χ4n) is 2.56. The summed E-state index contributed by atoms with van der Waals surface area (Å²) in [6.45, 7) is 1.85. The van der Waals surface area contributed by atoms with Crippen LogP contribution in [0.15, 0.2) is 18.2 Å². The third-order valence-corrected chi connectivity index (χ3v) is 4.00. The number of nitrogens with zero attached hydrogens (tertiary/aromatic N) is 2. The third-order valence-electron chi connectivity index (χ3n) is 4.00. The van der Waals surface area contributed by atoms with Crippen molar-refractivity contribution in [3.8, 4) is 11.5 Å². The van der Waals surface area contributed by atoms with E-state index in [1.807, 2.05) is 31.1 Å². The number of methoxy groups -OCH3 is 1. The number of likely N-dealkylation sites (tertiary alicyclic amines) is 1. The van der Waals surface area contributed by atoms with Gasteiger partial charge in [-0.15, -0.1) is 0 Å². The van der Waals surface area contributed by atoms with Crippen LogP contribution in [0.4, 0.5) is 0 Å². The summed E-state index contributed by atoms with van der Waals surface area (Å²) in [5, 5.41) is 9.08. The Balaban J connectivity index is 2.10. The van der Waals surface area contributed by atoms with E-state index in [0.717, 1.165) is 12.1 Å². The molecule has 7 heteroatoms. The highest BCUT2D eigenvalue weighted by Gasteiger charge is 2.34. The molecule has 7 nitrogen and oxygen atoms in total. The minimum atomic E-state index is -0.928. The Morgan fingerprint density at radius 1 is 1.42 bits per heavy atom. The maximum Gasteiger partial charge on any atom is 0.308 e. The first-order chi connectivity index (χ1) is 11.4. The molecule has 0 aromatic heterocycles. The van der Waals surface area contributed by atoms with Gasteiger partial charge in [0.2, 0.25) is 5.91 Å². The van der Waals surface area contributed by atoms with Gasteiger partial charge in [-0.25, -0.2) is 0 Å². The average Bonchev–Trinajstić information content (AvgIpc) is 2.90. The first-order valence-electron chi connectivity index (χ1n) is 7.85. The molecule has 132 valence electrons. The number of ether oxygens (including phenoxy) is 2. The SMILES string of the molecule is COc1ccc(CN2CC(C(=O)O)CC2=O)c(OCCN(C)C)c1. The molecule has 1 aromatic carbocycles. The number of aliphatic carboxylic acids is 1. The molecule has 1 N–H and O–H groups in total. The van der Waals surface area contributed by atoms with Gasteiger partial charge in [-0.1, -0.05) is 0 Å². The van der Waals surface area contributed by atoms with Gasteiger partial charge in [0.1, 0.15) is 18.1 Å². The average molecular weight is 336 g/mol. The van der Waals surface area contributed by atoms with Crippen LogP contribution in [0.1, 0.15) is 12.0 Å². The van der Waals surface area contributed by atoms with Crippen molar-refractivity contribution in [3.63, 3.8) is 0 Å². The van der Waals surface area contributed by atoms with Crippen LogP contribution in [-0.2, 0) is 16.1 Å². The fourth-order valence-corrected chi connectivity index (χ4v) is 2.56. The topological polar surface area (TPSA) is 79.3 Å². The highest BCUT2D eigenvalue weighted by molar-refractivity contribution is 5.86. The predicted molar refractivity (Wildman–Crippen MR) is 88.2 cm³/mol. The summed E-state index contributed by atoms with van der Waals surface area (Å²) < 4.78 is 11.1. The fraction of sp³-hybridized carbons (Fsp3) is 0.529. The largest absolute Gasteiger partial charge is 0.497 e. The lowest BCUT2D eigenvalue weighted by molar-refractivity contribution is -0.141. The number of carboxylic acids is 1. The second-order valence-electron chi connectivity index (χ2n) is 6.14. The van der Waals surface area contributed by atoms with Gasteiger partial charge < -0.3 is 24.4 Å². The second kappa shape index (κ2) is 8.01. The first kappa shape index (κ1) is 18.1. The van der Waals surface area contributed by atoms with E-state index >= 15 is 0 Å². The molecule has 1 aliphatic rings. The molecule has 1 aliphatic heterocycles. The molecule has 0 spiro atoms. The zero-order chi connectivity index (χ0) is 17.7. The summed E-state index contributed by atoms with van der Waals surface area (Å²) >= 11 is 0. The van der Waals surface area contributed by atoms with Crippen LogP contribution in [-0.4, -0.2) is 67.7 Å². The van der Waals surface area contributed by atoms with Crippen molar-refractivity contribution >= 4 is 11.9 Å². The Bertz CT molecular complexity index is 603. The van der Waals surface area contributed by atoms with Gasteiger partial charge in [-0.3, -0.25) is 9.59 Å². The smallest absolute Gasteiger partial charge is 0.308 e. The predicted octanol–water partition coefficient (Wildman–Crippen LogP) is 1.07. The minimum absolute atomic E-state index is 0.0578. The number of carboxylic acid groups (broad SMARTS) is 1. The number of amides is 1. The third kappa shape index (κ3) is 4.61. The number of carbonyl (C=O) groups is 2. The number of rotatable bonds is 8. The number of likely N-dealkylation sites (N-methyl/N-ethyl adjacent to an activating group) is 1. The van der Waals surface area contributed by atoms with Crippen LogP contribution in [0.3, 0.4) is 0 Å². The number of benzene rings is 1. The van der Waals surface area contributed by atoms with Crippen molar-refractivity contribution < 1.29 is 24.2 Å².